The Bertz CT molecular complexity index is 529. The maximum Gasteiger partial charge on any atom is 0.407 e. The van der Waals surface area contributed by atoms with Crippen molar-refractivity contribution in [1.29, 1.82) is 0 Å². The molecule has 1 heterocycles. The molecule has 1 aliphatic heterocycles. The lowest BCUT2D eigenvalue weighted by molar-refractivity contribution is -0.127. The third-order valence-electron chi connectivity index (χ3n) is 4.12. The molecule has 0 spiro atoms. The van der Waals surface area contributed by atoms with Crippen molar-refractivity contribution < 1.29 is 19.1 Å². The number of ether oxygens (including phenoxy) is 1. The molecule has 1 rings (SSSR count). The van der Waals surface area contributed by atoms with Crippen molar-refractivity contribution in [2.45, 2.75) is 71.9 Å². The lowest BCUT2D eigenvalue weighted by Crippen LogP contribution is -2.46. The Morgan fingerprint density at radius 2 is 1.81 bits per heavy atom. The van der Waals surface area contributed by atoms with E-state index >= 15 is 0 Å². The normalized spacial score (nSPS) is 16.2. The number of hydrogen-bond acceptors (Lipinski definition) is 4. The van der Waals surface area contributed by atoms with E-state index in [4.69, 9.17) is 4.74 Å². The predicted octanol–water partition coefficient (Wildman–Crippen LogP) is 2.36. The van der Waals surface area contributed by atoms with Crippen LogP contribution < -0.4 is 10.6 Å². The highest BCUT2D eigenvalue weighted by Gasteiger charge is 2.23. The molecule has 0 atom stereocenters. The second kappa shape index (κ2) is 10.2. The minimum absolute atomic E-state index is 0.0516. The second-order valence-electron chi connectivity index (χ2n) is 7.69. The van der Waals surface area contributed by atoms with E-state index in [1.807, 2.05) is 18.7 Å². The Hall–Kier alpha value is -2.05. The summed E-state index contributed by atoms with van der Waals surface area (Å²) in [6.07, 6.45) is 3.74. The van der Waals surface area contributed by atoms with Crippen LogP contribution in [0.4, 0.5) is 4.79 Å². The van der Waals surface area contributed by atoms with Crippen LogP contribution in [-0.2, 0) is 14.3 Å². The van der Waals surface area contributed by atoms with Crippen LogP contribution in [0.3, 0.4) is 0 Å². The van der Waals surface area contributed by atoms with Crippen molar-refractivity contribution in [3.8, 4) is 0 Å². The van der Waals surface area contributed by atoms with E-state index in [2.05, 4.69) is 10.6 Å². The summed E-state index contributed by atoms with van der Waals surface area (Å²) in [6.45, 7) is 10.9. The van der Waals surface area contributed by atoms with Gasteiger partial charge in [-0.15, -0.1) is 0 Å². The number of piperidine rings is 1. The summed E-state index contributed by atoms with van der Waals surface area (Å²) in [4.78, 5) is 37.4. The van der Waals surface area contributed by atoms with Gasteiger partial charge in [-0.1, -0.05) is 12.5 Å². The first-order chi connectivity index (χ1) is 12.1. The van der Waals surface area contributed by atoms with Gasteiger partial charge in [0.2, 0.25) is 11.8 Å². The molecule has 1 aliphatic rings. The van der Waals surface area contributed by atoms with E-state index in [0.717, 1.165) is 24.8 Å². The van der Waals surface area contributed by atoms with Crippen LogP contribution in [0.1, 0.15) is 60.3 Å². The number of carbonyl (C=O) groups excluding carboxylic acids is 3. The summed E-state index contributed by atoms with van der Waals surface area (Å²) >= 11 is 0. The van der Waals surface area contributed by atoms with Gasteiger partial charge in [0.25, 0.3) is 0 Å². The van der Waals surface area contributed by atoms with Crippen LogP contribution >= 0.6 is 0 Å². The SMILES string of the molecule is CC/C(C)=C/C(=O)N1CCC(NC(=O)CCNC(=O)OC(C)(C)C)CC1. The number of carbonyl (C=O) groups is 3. The van der Waals surface area contributed by atoms with Gasteiger partial charge in [0, 0.05) is 38.2 Å². The molecule has 0 aromatic carbocycles. The van der Waals surface area contributed by atoms with Crippen molar-refractivity contribution in [2.24, 2.45) is 0 Å². The summed E-state index contributed by atoms with van der Waals surface area (Å²) in [5, 5.41) is 5.54. The van der Waals surface area contributed by atoms with Crippen LogP contribution in [0.25, 0.3) is 0 Å². The van der Waals surface area contributed by atoms with Crippen LogP contribution in [-0.4, -0.2) is 54.1 Å². The summed E-state index contributed by atoms with van der Waals surface area (Å²) in [6, 6.07) is 0.0735. The molecule has 7 nitrogen and oxygen atoms in total. The van der Waals surface area contributed by atoms with Crippen molar-refractivity contribution in [3.63, 3.8) is 0 Å². The fourth-order valence-electron chi connectivity index (χ4n) is 2.54. The molecular formula is C19H33N3O4. The highest BCUT2D eigenvalue weighted by Crippen LogP contribution is 2.12. The molecule has 0 aromatic heterocycles. The van der Waals surface area contributed by atoms with Gasteiger partial charge in [0.05, 0.1) is 0 Å². The van der Waals surface area contributed by atoms with Crippen molar-refractivity contribution in [3.05, 3.63) is 11.6 Å². The molecule has 0 aromatic rings. The van der Waals surface area contributed by atoms with Crippen LogP contribution in [0.5, 0.6) is 0 Å². The second-order valence-corrected chi connectivity index (χ2v) is 7.69. The third kappa shape index (κ3) is 8.87. The van der Waals surface area contributed by atoms with Gasteiger partial charge in [-0.2, -0.15) is 0 Å². The van der Waals surface area contributed by atoms with Gasteiger partial charge in [-0.05, 0) is 47.0 Å². The highest BCUT2D eigenvalue weighted by molar-refractivity contribution is 5.88. The zero-order valence-electron chi connectivity index (χ0n) is 16.7. The third-order valence-corrected chi connectivity index (χ3v) is 4.12. The number of alkyl carbamates (subject to hydrolysis) is 1. The molecule has 7 heteroatoms. The summed E-state index contributed by atoms with van der Waals surface area (Å²) in [7, 11) is 0. The number of amides is 3. The van der Waals surface area contributed by atoms with E-state index < -0.39 is 11.7 Å². The molecular weight excluding hydrogens is 334 g/mol. The van der Waals surface area contributed by atoms with Gasteiger partial charge in [0.15, 0.2) is 0 Å². The zero-order valence-corrected chi connectivity index (χ0v) is 16.7. The van der Waals surface area contributed by atoms with Crippen LogP contribution in [0.2, 0.25) is 0 Å². The fraction of sp³-hybridized carbons (Fsp3) is 0.737. The fourth-order valence-corrected chi connectivity index (χ4v) is 2.54. The van der Waals surface area contributed by atoms with E-state index in [9.17, 15) is 14.4 Å². The first-order valence-electron chi connectivity index (χ1n) is 9.33. The molecule has 0 unspecified atom stereocenters. The van der Waals surface area contributed by atoms with Gasteiger partial charge in [-0.25, -0.2) is 4.79 Å². The quantitative estimate of drug-likeness (QED) is 0.706. The Morgan fingerprint density at radius 3 is 2.35 bits per heavy atom. The van der Waals surface area contributed by atoms with Gasteiger partial charge >= 0.3 is 6.09 Å². The maximum absolute atomic E-state index is 12.1. The minimum atomic E-state index is -0.553. The van der Waals surface area contributed by atoms with Gasteiger partial charge in [-0.3, -0.25) is 9.59 Å². The van der Waals surface area contributed by atoms with E-state index in [1.54, 1.807) is 26.8 Å². The first kappa shape index (κ1) is 22.0. The minimum Gasteiger partial charge on any atom is -0.444 e. The number of likely N-dealkylation sites (tertiary alicyclic amines) is 1. The molecule has 26 heavy (non-hydrogen) atoms. The number of rotatable bonds is 6. The molecule has 0 bridgehead atoms. The smallest absolute Gasteiger partial charge is 0.407 e. The maximum atomic E-state index is 12.1. The summed E-state index contributed by atoms with van der Waals surface area (Å²) in [5.74, 6) is -0.0526. The topological polar surface area (TPSA) is 87.7 Å². The standard InChI is InChI=1S/C19H33N3O4/c1-6-14(2)13-17(24)22-11-8-15(9-12-22)21-16(23)7-10-20-18(25)26-19(3,4)5/h13,15H,6-12H2,1-5H3,(H,20,25)(H,21,23)/b14-13+. The van der Waals surface area contributed by atoms with Crippen molar-refractivity contribution in [1.82, 2.24) is 15.5 Å². The first-order valence-corrected chi connectivity index (χ1v) is 9.33. The molecule has 0 saturated carbocycles. The Kier molecular flexibility index (Phi) is 8.61. The average molecular weight is 367 g/mol. The Morgan fingerprint density at radius 1 is 1.19 bits per heavy atom. The number of nitrogens with one attached hydrogen (secondary N) is 2. The lowest BCUT2D eigenvalue weighted by atomic mass is 10.0. The number of nitrogens with zero attached hydrogens (tertiary/aromatic N) is 1. The molecule has 148 valence electrons. The van der Waals surface area contributed by atoms with Crippen LogP contribution in [0, 0.1) is 0 Å². The summed E-state index contributed by atoms with van der Waals surface area (Å²) in [5.41, 5.74) is 0.519. The molecule has 1 fully saturated rings. The largest absolute Gasteiger partial charge is 0.444 e. The van der Waals surface area contributed by atoms with Crippen LogP contribution in [0.15, 0.2) is 11.6 Å². The zero-order chi connectivity index (χ0) is 19.7. The van der Waals surface area contributed by atoms with Gasteiger partial charge < -0.3 is 20.3 Å². The molecule has 3 amide bonds. The van der Waals surface area contributed by atoms with E-state index in [0.29, 0.717) is 13.1 Å². The summed E-state index contributed by atoms with van der Waals surface area (Å²) < 4.78 is 5.12. The monoisotopic (exact) mass is 367 g/mol. The predicted molar refractivity (Wildman–Crippen MR) is 101 cm³/mol. The van der Waals surface area contributed by atoms with Crippen molar-refractivity contribution >= 4 is 17.9 Å². The Balaban J connectivity index is 2.25. The lowest BCUT2D eigenvalue weighted by Gasteiger charge is -2.32. The molecule has 1 saturated heterocycles. The number of allylic oxidation sites excluding steroid dienone is 1. The average Bonchev–Trinajstić information content (AvgIpc) is 2.53. The van der Waals surface area contributed by atoms with Crippen molar-refractivity contribution in [2.75, 3.05) is 19.6 Å². The number of hydrogen-bond donors (Lipinski definition) is 2. The van der Waals surface area contributed by atoms with E-state index in [-0.39, 0.29) is 30.8 Å². The van der Waals surface area contributed by atoms with E-state index in [1.165, 1.54) is 0 Å². The molecule has 0 aliphatic carbocycles. The molecule has 2 N–H and O–H groups in total. The van der Waals surface area contributed by atoms with Gasteiger partial charge in [0.1, 0.15) is 5.60 Å². The Labute approximate surface area is 156 Å². The molecule has 0 radical (unpaired) electrons. The highest BCUT2D eigenvalue weighted by atomic mass is 16.6.